The van der Waals surface area contributed by atoms with E-state index in [-0.39, 0.29) is 12.5 Å². The maximum atomic E-state index is 11.7. The molecule has 2 aromatic rings. The van der Waals surface area contributed by atoms with Crippen molar-refractivity contribution in [3.05, 3.63) is 40.3 Å². The molecule has 0 fully saturated rings. The molecule has 3 rings (SSSR count). The number of hydrogen-bond acceptors (Lipinski definition) is 7. The number of amides is 1. The van der Waals surface area contributed by atoms with Gasteiger partial charge in [-0.05, 0) is 28.5 Å². The van der Waals surface area contributed by atoms with Gasteiger partial charge in [0.15, 0.2) is 0 Å². The van der Waals surface area contributed by atoms with Gasteiger partial charge >= 0.3 is 24.3 Å². The SMILES string of the molecule is CN(C)C(=O)COCC1CN(Cc2ccsc2)Cc2ccnn2C1.O=C(O)C(F)(F)F.O=C(O)C(F)(F)F. The second kappa shape index (κ2) is 14.7. The molecule has 0 saturated carbocycles. The van der Waals surface area contributed by atoms with Crippen molar-refractivity contribution in [3.8, 4) is 0 Å². The molecule has 0 bridgehead atoms. The van der Waals surface area contributed by atoms with E-state index in [1.165, 1.54) is 11.3 Å². The largest absolute Gasteiger partial charge is 0.490 e. The molecule has 1 aliphatic rings. The van der Waals surface area contributed by atoms with Crippen LogP contribution in [0.5, 0.6) is 0 Å². The smallest absolute Gasteiger partial charge is 0.475 e. The topological polar surface area (TPSA) is 125 Å². The van der Waals surface area contributed by atoms with Crippen molar-refractivity contribution in [3.63, 3.8) is 0 Å². The Morgan fingerprint density at radius 2 is 1.66 bits per heavy atom. The number of thiophene rings is 1. The first kappa shape index (κ1) is 32.8. The second-order valence-electron chi connectivity index (χ2n) is 8.08. The number of nitrogens with zero attached hydrogens (tertiary/aromatic N) is 4. The van der Waals surface area contributed by atoms with Crippen molar-refractivity contribution in [1.82, 2.24) is 19.6 Å². The molecule has 3 heterocycles. The number of carbonyl (C=O) groups is 3. The van der Waals surface area contributed by atoms with Crippen LogP contribution in [0, 0.1) is 5.92 Å². The molecule has 1 aliphatic heterocycles. The van der Waals surface area contributed by atoms with Gasteiger partial charge in [-0.25, -0.2) is 9.59 Å². The molecule has 1 unspecified atom stereocenters. The Hall–Kier alpha value is -3.18. The quantitative estimate of drug-likeness (QED) is 0.503. The van der Waals surface area contributed by atoms with Gasteiger partial charge in [0.05, 0.1) is 12.3 Å². The predicted octanol–water partition coefficient (Wildman–Crippen LogP) is 2.95. The van der Waals surface area contributed by atoms with E-state index in [0.29, 0.717) is 12.5 Å². The monoisotopic (exact) mass is 576 g/mol. The average molecular weight is 577 g/mol. The summed E-state index contributed by atoms with van der Waals surface area (Å²) >= 11 is 1.73. The van der Waals surface area contributed by atoms with Crippen LogP contribution in [-0.4, -0.2) is 93.8 Å². The lowest BCUT2D eigenvalue weighted by molar-refractivity contribution is -0.193. The van der Waals surface area contributed by atoms with Crippen molar-refractivity contribution >= 4 is 29.2 Å². The summed E-state index contributed by atoms with van der Waals surface area (Å²) in [4.78, 5) is 33.4. The molecular weight excluding hydrogens is 550 g/mol. The minimum absolute atomic E-state index is 0.00136. The molecule has 0 radical (unpaired) electrons. The normalized spacial score (nSPS) is 15.6. The number of aromatic nitrogens is 2. The lowest BCUT2D eigenvalue weighted by Gasteiger charge is -2.23. The minimum Gasteiger partial charge on any atom is -0.475 e. The zero-order valence-electron chi connectivity index (χ0n) is 20.2. The number of fused-ring (bicyclic) bond motifs is 1. The van der Waals surface area contributed by atoms with Crippen LogP contribution in [0.3, 0.4) is 0 Å². The van der Waals surface area contributed by atoms with Crippen LogP contribution in [-0.2, 0) is 38.8 Å². The van der Waals surface area contributed by atoms with Crippen molar-refractivity contribution in [1.29, 1.82) is 0 Å². The Morgan fingerprint density at radius 3 is 2.13 bits per heavy atom. The molecule has 38 heavy (non-hydrogen) atoms. The van der Waals surface area contributed by atoms with Gasteiger partial charge in [-0.2, -0.15) is 42.8 Å². The Bertz CT molecular complexity index is 1000. The Balaban J connectivity index is 0.000000426. The molecular formula is C21H26F6N4O6S. The zero-order valence-corrected chi connectivity index (χ0v) is 21.0. The average Bonchev–Trinajstić information content (AvgIpc) is 3.42. The number of aliphatic carboxylic acids is 2. The number of carboxylic acid groups (broad SMARTS) is 2. The lowest BCUT2D eigenvalue weighted by Crippen LogP contribution is -2.32. The highest BCUT2D eigenvalue weighted by molar-refractivity contribution is 7.07. The number of carboxylic acids is 2. The summed E-state index contributed by atoms with van der Waals surface area (Å²) in [6.07, 6.45) is -8.31. The fraction of sp³-hybridized carbons (Fsp3) is 0.524. The van der Waals surface area contributed by atoms with Crippen LogP contribution in [0.25, 0.3) is 0 Å². The molecule has 0 spiro atoms. The number of carbonyl (C=O) groups excluding carboxylic acids is 1. The van der Waals surface area contributed by atoms with Crippen LogP contribution < -0.4 is 0 Å². The standard InChI is InChI=1S/C17H24N4O2S.2C2HF3O2/c1-19(2)17(22)12-23-11-15-8-20(7-14-4-6-24-13-14)10-16-3-5-18-21(16)9-15;2*3-2(4,5)1(6)7/h3-6,13,15H,7-12H2,1-2H3;2*(H,6,7). The van der Waals surface area contributed by atoms with E-state index in [2.05, 4.69) is 37.6 Å². The van der Waals surface area contributed by atoms with Crippen LogP contribution in [0.15, 0.2) is 29.1 Å². The number of rotatable bonds is 6. The van der Waals surface area contributed by atoms with E-state index in [4.69, 9.17) is 24.5 Å². The van der Waals surface area contributed by atoms with Gasteiger partial charge in [0, 0.05) is 52.4 Å². The summed E-state index contributed by atoms with van der Waals surface area (Å²) in [5.74, 6) is -5.20. The third-order valence-electron chi connectivity index (χ3n) is 4.69. The van der Waals surface area contributed by atoms with Gasteiger partial charge in [-0.1, -0.05) is 0 Å². The maximum Gasteiger partial charge on any atom is 0.490 e. The molecule has 0 aliphatic carbocycles. The molecule has 214 valence electrons. The van der Waals surface area contributed by atoms with E-state index >= 15 is 0 Å². The summed E-state index contributed by atoms with van der Waals surface area (Å²) in [7, 11) is 3.49. The van der Waals surface area contributed by atoms with E-state index < -0.39 is 24.3 Å². The van der Waals surface area contributed by atoms with Crippen molar-refractivity contribution in [2.24, 2.45) is 5.92 Å². The van der Waals surface area contributed by atoms with E-state index in [9.17, 15) is 31.1 Å². The van der Waals surface area contributed by atoms with Crippen molar-refractivity contribution in [2.75, 3.05) is 33.9 Å². The summed E-state index contributed by atoms with van der Waals surface area (Å²) in [5, 5.41) is 23.0. The highest BCUT2D eigenvalue weighted by atomic mass is 32.1. The van der Waals surface area contributed by atoms with Gasteiger partial charge in [0.25, 0.3) is 0 Å². The van der Waals surface area contributed by atoms with Gasteiger partial charge in [-0.15, -0.1) is 0 Å². The molecule has 2 N–H and O–H groups in total. The third-order valence-corrected chi connectivity index (χ3v) is 5.42. The molecule has 10 nitrogen and oxygen atoms in total. The number of halogens is 6. The fourth-order valence-electron chi connectivity index (χ4n) is 2.93. The predicted molar refractivity (Wildman–Crippen MR) is 121 cm³/mol. The molecule has 17 heteroatoms. The number of alkyl halides is 6. The van der Waals surface area contributed by atoms with E-state index in [0.717, 1.165) is 26.2 Å². The second-order valence-corrected chi connectivity index (χ2v) is 8.86. The van der Waals surface area contributed by atoms with Crippen LogP contribution in [0.2, 0.25) is 0 Å². The van der Waals surface area contributed by atoms with E-state index in [1.807, 2.05) is 6.20 Å². The molecule has 0 saturated heterocycles. The summed E-state index contributed by atoms with van der Waals surface area (Å²) in [5.41, 5.74) is 2.58. The van der Waals surface area contributed by atoms with Crippen molar-refractivity contribution < 1.29 is 55.7 Å². The minimum atomic E-state index is -5.08. The summed E-state index contributed by atoms with van der Waals surface area (Å²) < 4.78 is 71.2. The fourth-order valence-corrected chi connectivity index (χ4v) is 3.59. The first-order valence-corrected chi connectivity index (χ1v) is 11.6. The molecule has 1 amide bonds. The first-order chi connectivity index (χ1) is 17.5. The molecule has 1 atom stereocenters. The van der Waals surface area contributed by atoms with Crippen LogP contribution in [0.4, 0.5) is 26.3 Å². The van der Waals surface area contributed by atoms with Crippen LogP contribution in [0.1, 0.15) is 11.3 Å². The van der Waals surface area contributed by atoms with Gasteiger partial charge in [0.2, 0.25) is 5.91 Å². The molecule has 2 aromatic heterocycles. The van der Waals surface area contributed by atoms with E-state index in [1.54, 1.807) is 30.3 Å². The molecule has 0 aromatic carbocycles. The summed E-state index contributed by atoms with van der Waals surface area (Å²) in [6, 6.07) is 4.26. The van der Waals surface area contributed by atoms with Gasteiger partial charge in [0.1, 0.15) is 6.61 Å². The van der Waals surface area contributed by atoms with Gasteiger partial charge in [-0.3, -0.25) is 14.4 Å². The Morgan fingerprint density at radius 1 is 1.08 bits per heavy atom. The Labute approximate surface area is 217 Å². The Kier molecular flexibility index (Phi) is 12.7. The maximum absolute atomic E-state index is 11.7. The van der Waals surface area contributed by atoms with Crippen molar-refractivity contribution in [2.45, 2.75) is 32.0 Å². The summed E-state index contributed by atoms with van der Waals surface area (Å²) in [6.45, 7) is 4.30. The zero-order chi connectivity index (χ0) is 29.1. The number of hydrogen-bond donors (Lipinski definition) is 2. The lowest BCUT2D eigenvalue weighted by atomic mass is 10.1. The highest BCUT2D eigenvalue weighted by Crippen LogP contribution is 2.19. The van der Waals surface area contributed by atoms with Crippen LogP contribution >= 0.6 is 11.3 Å². The first-order valence-electron chi connectivity index (χ1n) is 10.6. The third kappa shape index (κ3) is 12.4. The highest BCUT2D eigenvalue weighted by Gasteiger charge is 2.38. The van der Waals surface area contributed by atoms with Gasteiger partial charge < -0.3 is 19.8 Å². The number of likely N-dealkylation sites (N-methyl/N-ethyl adjacent to an activating group) is 1. The number of ether oxygens (including phenoxy) is 1.